The second-order valence-electron chi connectivity index (χ2n) is 7.69. The number of fused-ring (bicyclic) bond motifs is 1. The summed E-state index contributed by atoms with van der Waals surface area (Å²) < 4.78 is 7.44. The van der Waals surface area contributed by atoms with Crippen molar-refractivity contribution in [1.82, 2.24) is 30.5 Å². The van der Waals surface area contributed by atoms with Crippen LogP contribution in [0.1, 0.15) is 60.9 Å². The van der Waals surface area contributed by atoms with Crippen LogP contribution >= 0.6 is 0 Å². The molecule has 4 aromatic rings. The van der Waals surface area contributed by atoms with Crippen molar-refractivity contribution in [2.45, 2.75) is 44.7 Å². The first kappa shape index (κ1) is 18.5. The van der Waals surface area contributed by atoms with E-state index >= 15 is 0 Å². The Balaban J connectivity index is 1.34. The van der Waals surface area contributed by atoms with Crippen LogP contribution in [0.3, 0.4) is 0 Å². The van der Waals surface area contributed by atoms with Gasteiger partial charge in [-0.2, -0.15) is 4.98 Å². The van der Waals surface area contributed by atoms with E-state index in [9.17, 15) is 4.79 Å². The number of nitrogens with zero attached hydrogens (tertiary/aromatic N) is 5. The van der Waals surface area contributed by atoms with Crippen LogP contribution in [0.4, 0.5) is 0 Å². The molecule has 8 nitrogen and oxygen atoms in total. The molecule has 1 saturated carbocycles. The minimum Gasteiger partial charge on any atom is -0.341 e. The van der Waals surface area contributed by atoms with Gasteiger partial charge in [-0.05, 0) is 50.1 Å². The van der Waals surface area contributed by atoms with Crippen molar-refractivity contribution in [1.29, 1.82) is 0 Å². The third-order valence-electron chi connectivity index (χ3n) is 5.60. The van der Waals surface area contributed by atoms with Gasteiger partial charge in [0.05, 0.1) is 11.6 Å². The van der Waals surface area contributed by atoms with Crippen molar-refractivity contribution < 1.29 is 9.32 Å². The van der Waals surface area contributed by atoms with E-state index in [-0.39, 0.29) is 5.91 Å². The summed E-state index contributed by atoms with van der Waals surface area (Å²) in [5.74, 6) is 0.625. The number of benzene rings is 2. The lowest BCUT2D eigenvalue weighted by atomic mass is 10.1. The van der Waals surface area contributed by atoms with E-state index in [4.69, 9.17) is 4.52 Å². The minimum absolute atomic E-state index is 0.187. The molecule has 1 N–H and O–H groups in total. The number of rotatable bonds is 5. The van der Waals surface area contributed by atoms with Gasteiger partial charge in [0.25, 0.3) is 5.91 Å². The first-order chi connectivity index (χ1) is 14.7. The van der Waals surface area contributed by atoms with Crippen LogP contribution in [0.5, 0.6) is 0 Å². The highest BCUT2D eigenvalue weighted by molar-refractivity contribution is 5.94. The van der Waals surface area contributed by atoms with Crippen LogP contribution < -0.4 is 5.32 Å². The topological polar surface area (TPSA) is 98.7 Å². The number of nitrogens with one attached hydrogen (secondary N) is 1. The van der Waals surface area contributed by atoms with Crippen LogP contribution in [0.15, 0.2) is 53.1 Å². The highest BCUT2D eigenvalue weighted by Gasteiger charge is 2.21. The highest BCUT2D eigenvalue weighted by atomic mass is 16.5. The molecule has 5 rings (SSSR count). The molecule has 0 unspecified atom stereocenters. The van der Waals surface area contributed by atoms with E-state index < -0.39 is 6.04 Å². The van der Waals surface area contributed by atoms with Crippen molar-refractivity contribution in [3.63, 3.8) is 0 Å². The molecule has 1 atom stereocenters. The fourth-order valence-electron chi connectivity index (χ4n) is 3.96. The molecule has 1 aliphatic carbocycles. The maximum Gasteiger partial charge on any atom is 0.251 e. The average Bonchev–Trinajstić information content (AvgIpc) is 3.53. The van der Waals surface area contributed by atoms with E-state index in [0.29, 0.717) is 23.3 Å². The maximum atomic E-state index is 12.3. The molecule has 1 fully saturated rings. The predicted molar refractivity (Wildman–Crippen MR) is 111 cm³/mol. The second kappa shape index (κ2) is 7.70. The molecule has 2 aromatic carbocycles. The second-order valence-corrected chi connectivity index (χ2v) is 7.69. The number of carbonyl (C=O) groups is 1. The Morgan fingerprint density at radius 1 is 1.17 bits per heavy atom. The molecule has 0 radical (unpaired) electrons. The normalized spacial score (nSPS) is 15.5. The van der Waals surface area contributed by atoms with Crippen molar-refractivity contribution in [2.24, 2.45) is 0 Å². The summed E-state index contributed by atoms with van der Waals surface area (Å²) in [6, 6.07) is 15.0. The Morgan fingerprint density at radius 2 is 1.97 bits per heavy atom. The summed E-state index contributed by atoms with van der Waals surface area (Å²) in [6.45, 7) is 1.81. The molecule has 0 aliphatic heterocycles. The molecule has 0 bridgehead atoms. The largest absolute Gasteiger partial charge is 0.341 e. The number of aromatic nitrogens is 5. The van der Waals surface area contributed by atoms with Gasteiger partial charge in [0.2, 0.25) is 11.7 Å². The summed E-state index contributed by atoms with van der Waals surface area (Å²) in [7, 11) is 0. The third-order valence-corrected chi connectivity index (χ3v) is 5.60. The SMILES string of the molecule is C[C@H](NC(=O)c1ccccc1)c1nc(-c2ccc3c(c2)nnn3C2CCCC2)no1. The Morgan fingerprint density at radius 3 is 2.77 bits per heavy atom. The van der Waals surface area contributed by atoms with Gasteiger partial charge < -0.3 is 9.84 Å². The molecular weight excluding hydrogens is 380 g/mol. The van der Waals surface area contributed by atoms with Crippen molar-refractivity contribution in [2.75, 3.05) is 0 Å². The molecule has 8 heteroatoms. The molecule has 2 aromatic heterocycles. The quantitative estimate of drug-likeness (QED) is 0.540. The lowest BCUT2D eigenvalue weighted by Crippen LogP contribution is -2.26. The van der Waals surface area contributed by atoms with Crippen molar-refractivity contribution in [3.05, 3.63) is 60.0 Å². The number of hydrogen-bond acceptors (Lipinski definition) is 6. The van der Waals surface area contributed by atoms with E-state index in [1.54, 1.807) is 12.1 Å². The third kappa shape index (κ3) is 3.45. The fraction of sp³-hybridized carbons (Fsp3) is 0.318. The molecular formula is C22H22N6O2. The highest BCUT2D eigenvalue weighted by Crippen LogP contribution is 2.32. The summed E-state index contributed by atoms with van der Waals surface area (Å²) >= 11 is 0. The zero-order chi connectivity index (χ0) is 20.5. The molecule has 152 valence electrons. The lowest BCUT2D eigenvalue weighted by Gasteiger charge is -2.09. The molecule has 1 amide bonds. The first-order valence-corrected chi connectivity index (χ1v) is 10.2. The van der Waals surface area contributed by atoms with Gasteiger partial charge in [-0.3, -0.25) is 4.79 Å². The van der Waals surface area contributed by atoms with Crippen LogP contribution in [0, 0.1) is 0 Å². The zero-order valence-electron chi connectivity index (χ0n) is 16.7. The predicted octanol–water partition coefficient (Wildman–Crippen LogP) is 4.09. The van der Waals surface area contributed by atoms with Gasteiger partial charge in [-0.1, -0.05) is 41.4 Å². The standard InChI is InChI=1S/C22H22N6O2/c1-14(23-21(29)15-7-3-2-4-8-15)22-24-20(26-30-22)16-11-12-19-18(13-16)25-27-28(19)17-9-5-6-10-17/h2-4,7-8,11-14,17H,5-6,9-10H2,1H3,(H,23,29)/t14-/m0/s1. The van der Waals surface area contributed by atoms with Crippen LogP contribution in [-0.4, -0.2) is 31.0 Å². The summed E-state index contributed by atoms with van der Waals surface area (Å²) in [6.07, 6.45) is 4.80. The van der Waals surface area contributed by atoms with Crippen LogP contribution in [-0.2, 0) is 0 Å². The van der Waals surface area contributed by atoms with Gasteiger partial charge >= 0.3 is 0 Å². The monoisotopic (exact) mass is 402 g/mol. The summed E-state index contributed by atoms with van der Waals surface area (Å²) in [5.41, 5.74) is 3.23. The minimum atomic E-state index is -0.411. The van der Waals surface area contributed by atoms with Gasteiger partial charge in [-0.25, -0.2) is 4.68 Å². The van der Waals surface area contributed by atoms with Gasteiger partial charge in [0.1, 0.15) is 11.6 Å². The average molecular weight is 402 g/mol. The van der Waals surface area contributed by atoms with E-state index in [1.165, 1.54) is 12.8 Å². The van der Waals surface area contributed by atoms with Gasteiger partial charge in [0, 0.05) is 11.1 Å². The van der Waals surface area contributed by atoms with Crippen LogP contribution in [0.2, 0.25) is 0 Å². The molecule has 0 saturated heterocycles. The Bertz CT molecular complexity index is 1180. The number of hydrogen-bond donors (Lipinski definition) is 1. The molecule has 2 heterocycles. The smallest absolute Gasteiger partial charge is 0.251 e. The van der Waals surface area contributed by atoms with Crippen molar-refractivity contribution >= 4 is 16.9 Å². The number of carbonyl (C=O) groups excluding carboxylic acids is 1. The molecule has 30 heavy (non-hydrogen) atoms. The van der Waals surface area contributed by atoms with Gasteiger partial charge in [-0.15, -0.1) is 5.10 Å². The molecule has 0 spiro atoms. The Hall–Kier alpha value is -3.55. The first-order valence-electron chi connectivity index (χ1n) is 10.2. The number of amides is 1. The van der Waals surface area contributed by atoms with E-state index in [2.05, 4.69) is 25.8 Å². The molecule has 1 aliphatic rings. The zero-order valence-corrected chi connectivity index (χ0v) is 16.7. The Labute approximate surface area is 173 Å². The Kier molecular flexibility index (Phi) is 4.74. The summed E-state index contributed by atoms with van der Waals surface area (Å²) in [4.78, 5) is 16.8. The fourth-order valence-corrected chi connectivity index (χ4v) is 3.96. The van der Waals surface area contributed by atoms with E-state index in [0.717, 1.165) is 29.4 Å². The van der Waals surface area contributed by atoms with Gasteiger partial charge in [0.15, 0.2) is 0 Å². The lowest BCUT2D eigenvalue weighted by molar-refractivity contribution is 0.0932. The van der Waals surface area contributed by atoms with E-state index in [1.807, 2.05) is 48.0 Å². The summed E-state index contributed by atoms with van der Waals surface area (Å²) in [5, 5.41) is 15.7. The van der Waals surface area contributed by atoms with Crippen LogP contribution in [0.25, 0.3) is 22.4 Å². The maximum absolute atomic E-state index is 12.3. The van der Waals surface area contributed by atoms with Crippen molar-refractivity contribution in [3.8, 4) is 11.4 Å².